The van der Waals surface area contributed by atoms with Gasteiger partial charge in [0.1, 0.15) is 68.0 Å². The van der Waals surface area contributed by atoms with E-state index >= 15 is 0 Å². The van der Waals surface area contributed by atoms with E-state index in [9.17, 15) is 52.8 Å². The third-order valence-corrected chi connectivity index (χ3v) is 30.1. The first-order valence-corrected chi connectivity index (χ1v) is 52.8. The second-order valence-corrected chi connectivity index (χ2v) is 42.9. The summed E-state index contributed by atoms with van der Waals surface area (Å²) in [5, 5.41) is 63.1. The molecule has 740 valence electrons. The van der Waals surface area contributed by atoms with Gasteiger partial charge >= 0.3 is 23.9 Å². The van der Waals surface area contributed by atoms with E-state index in [4.69, 9.17) is 74.7 Å². The number of hydrogen-bond acceptors (Lipinski definition) is 36. The molecule has 5 aliphatic carbocycles. The van der Waals surface area contributed by atoms with Gasteiger partial charge in [0.05, 0.1) is 25.6 Å². The molecule has 21 rings (SSSR count). The molecule has 9 aliphatic rings. The van der Waals surface area contributed by atoms with E-state index in [-0.39, 0.29) is 37.6 Å². The Kier molecular flexibility index (Phi) is 26.3. The number of nitrogens with zero attached hydrogens (tertiary/aromatic N) is 20. The summed E-state index contributed by atoms with van der Waals surface area (Å²) in [5.41, 5.74) is 2.91. The van der Waals surface area contributed by atoms with Crippen molar-refractivity contribution >= 4 is 202 Å². The van der Waals surface area contributed by atoms with Gasteiger partial charge in [-0.05, 0) is 206 Å². The van der Waals surface area contributed by atoms with Crippen LogP contribution in [-0.2, 0) is 100 Å². The van der Waals surface area contributed by atoms with Crippen LogP contribution in [0.1, 0.15) is 190 Å². The zero-order valence-corrected chi connectivity index (χ0v) is 82.0. The van der Waals surface area contributed by atoms with Gasteiger partial charge in [0.15, 0.2) is 0 Å². The van der Waals surface area contributed by atoms with Crippen LogP contribution in [0.4, 0.5) is 69.8 Å². The molecule has 4 aromatic carbocycles. The zero-order chi connectivity index (χ0) is 99.6. The molecule has 0 atom stereocenters. The highest BCUT2D eigenvalue weighted by Crippen LogP contribution is 2.52. The van der Waals surface area contributed by atoms with E-state index in [0.717, 1.165) is 192 Å². The van der Waals surface area contributed by atoms with E-state index in [1.54, 1.807) is 78.3 Å². The largest absolute Gasteiger partial charge is 0.407 e. The maximum atomic E-state index is 12.1. The quantitative estimate of drug-likeness (QED) is 0.0349. The van der Waals surface area contributed by atoms with Gasteiger partial charge in [0.25, 0.3) is 0 Å². The molecule has 0 saturated heterocycles. The summed E-state index contributed by atoms with van der Waals surface area (Å²) in [6.45, 7) is 12.2. The number of sulfonamides is 4. The number of ether oxygens (including phenoxy) is 4. The molecule has 141 heavy (non-hydrogen) atoms. The van der Waals surface area contributed by atoms with Crippen LogP contribution < -0.4 is 61.9 Å². The molecule has 5 saturated carbocycles. The lowest BCUT2D eigenvalue weighted by atomic mass is 9.80. The summed E-state index contributed by atoms with van der Waals surface area (Å²) >= 11 is 0. The van der Waals surface area contributed by atoms with Crippen LogP contribution in [0.2, 0.25) is 0 Å². The Morgan fingerprint density at radius 2 is 0.631 bits per heavy atom. The Morgan fingerprint density at radius 1 is 0.369 bits per heavy atom. The second-order valence-electron chi connectivity index (χ2n) is 36.6. The number of nitrogens with one attached hydrogen (secondary N) is 4. The van der Waals surface area contributed by atoms with Crippen LogP contribution in [0, 0.1) is 0 Å². The van der Waals surface area contributed by atoms with Gasteiger partial charge in [-0.25, -0.2) is 94.2 Å². The molecule has 0 unspecified atom stereocenters. The molecule has 8 aromatic heterocycles. The van der Waals surface area contributed by atoms with E-state index in [1.807, 2.05) is 61.0 Å². The molecule has 5 fully saturated rings. The lowest BCUT2D eigenvalue weighted by molar-refractivity contribution is -0.134. The predicted octanol–water partition coefficient (Wildman–Crippen LogP) is 12.9. The fourth-order valence-electron chi connectivity index (χ4n) is 19.9. The zero-order valence-electron chi connectivity index (χ0n) is 78.7. The fraction of sp³-hybridized carbons (Fsp3) is 0.398. The predicted molar refractivity (Wildman–Crippen MR) is 530 cm³/mol. The van der Waals surface area contributed by atoms with Gasteiger partial charge in [-0.3, -0.25) is 37.4 Å². The normalized spacial score (nSPS) is 17.8. The minimum Gasteiger partial charge on any atom is -0.407 e. The standard InChI is InChI=1S/C24H27N7O4S.C24H29N7O4S.C23H27N7O4S.C22H25N7O4S/c1-15(32)35-22-24(11-3-2-4-12-24)30-20(31(29-22)18-7-8-18)13-16-14-26-23(28-21(16)30)27-17-5-9-19(10-6-17)36(25,33)34;1-15(2)31-20-13-17-14-26-23(27-18-7-9-19(10-8-18)36(25,33)34)28-21(17)30(20)24(11-5-4-6-12-24)22(29-31)35-16(3)32;1-3-29-19-13-16-14-25-22(26-17-7-9-18(10-8-17)35(24,32)33)27-20(16)30(19)23(11-5-4-6-12-23)21(28-29)34-15(2)31;1-14(30)33-20-22(10-4-3-5-11-22)29-18(28(2)27-20)12-15-13-24-21(26-19(15)29)25-16-6-8-17(9-7-16)34(23,31)32/h5-6,9-10,13-14,18H,2-4,7-8,11-12H2,1H3,(H2,25,33,34)(H,26,27,28);7-10,13-15H,4-6,11-12H2,1-3H3,(H2,25,33,34)(H,26,27,28);7-10,13-14H,3-6,11-12H2,1-2H3,(H2,24,32,33)(H,25,26,27);6-9,12-13H,3-5,10-11H2,1-2H3,(H2,23,31,32)(H,24,25,26). The number of carbonyl (C=O) groups is 4. The number of hydrazone groups is 4. The molecule has 12 aromatic rings. The van der Waals surface area contributed by atoms with Gasteiger partial charge in [0, 0.05) is 116 Å². The van der Waals surface area contributed by atoms with Gasteiger partial charge in [-0.15, -0.1) is 20.4 Å². The van der Waals surface area contributed by atoms with Crippen LogP contribution in [0.15, 0.2) is 186 Å². The number of anilines is 12. The molecule has 12 heterocycles. The van der Waals surface area contributed by atoms with E-state index in [2.05, 4.69) is 70.6 Å². The number of nitrogens with two attached hydrogens (primary N) is 4. The Labute approximate surface area is 812 Å². The summed E-state index contributed by atoms with van der Waals surface area (Å²) in [6, 6.07) is 32.6. The van der Waals surface area contributed by atoms with Crippen molar-refractivity contribution in [3.8, 4) is 0 Å². The number of esters is 4. The molecule has 48 heteroatoms. The Morgan fingerprint density at radius 3 is 0.922 bits per heavy atom. The minimum absolute atomic E-state index is 0.0162. The number of rotatable bonds is 15. The Balaban J connectivity index is 0.000000124. The van der Waals surface area contributed by atoms with Gasteiger partial charge < -0.3 is 40.2 Å². The van der Waals surface area contributed by atoms with Crippen molar-refractivity contribution in [2.45, 2.75) is 244 Å². The van der Waals surface area contributed by atoms with Crippen LogP contribution >= 0.6 is 0 Å². The summed E-state index contributed by atoms with van der Waals surface area (Å²) in [5.74, 6) is 5.02. The maximum Gasteiger partial charge on any atom is 0.309 e. The first-order chi connectivity index (χ1) is 67.2. The first-order valence-electron chi connectivity index (χ1n) is 46.6. The topological polar surface area (TPSA) is 579 Å². The number of benzene rings is 4. The molecular formula is C93H108N28O16S4. The first kappa shape index (κ1) is 97.2. The van der Waals surface area contributed by atoms with Crippen molar-refractivity contribution in [3.05, 3.63) is 146 Å². The van der Waals surface area contributed by atoms with Crippen LogP contribution in [0.25, 0.3) is 44.1 Å². The highest BCUT2D eigenvalue weighted by Gasteiger charge is 2.54. The smallest absolute Gasteiger partial charge is 0.309 e. The fourth-order valence-corrected chi connectivity index (χ4v) is 22.0. The maximum absolute atomic E-state index is 12.1. The molecule has 12 N–H and O–H groups in total. The molecule has 0 radical (unpaired) electrons. The molecule has 0 bridgehead atoms. The molecule has 4 aliphatic heterocycles. The van der Waals surface area contributed by atoms with Crippen molar-refractivity contribution in [1.82, 2.24) is 58.1 Å². The summed E-state index contributed by atoms with van der Waals surface area (Å²) in [7, 11) is -13.3. The highest BCUT2D eigenvalue weighted by atomic mass is 32.2. The average molecular weight is 2000 g/mol. The molecule has 0 amide bonds. The Hall–Kier alpha value is -14.0. The molecule has 44 nitrogen and oxygen atoms in total. The van der Waals surface area contributed by atoms with Crippen molar-refractivity contribution < 1.29 is 71.8 Å². The summed E-state index contributed by atoms with van der Waals surface area (Å²) < 4.78 is 124. The van der Waals surface area contributed by atoms with Crippen molar-refractivity contribution in [3.63, 3.8) is 0 Å². The van der Waals surface area contributed by atoms with Gasteiger partial charge in [-0.2, -0.15) is 19.9 Å². The summed E-state index contributed by atoms with van der Waals surface area (Å²) in [4.78, 5) is 85.3. The highest BCUT2D eigenvalue weighted by molar-refractivity contribution is 7.90. The number of aromatic nitrogens is 12. The number of hydrogen-bond donors (Lipinski definition) is 8. The van der Waals surface area contributed by atoms with Crippen LogP contribution in [-0.4, -0.2) is 165 Å². The van der Waals surface area contributed by atoms with E-state index in [0.29, 0.717) is 93.6 Å². The average Bonchev–Trinajstić information content (AvgIpc) is 1.57. The minimum atomic E-state index is -3.78. The van der Waals surface area contributed by atoms with Crippen LogP contribution in [0.5, 0.6) is 0 Å². The SMILES string of the molecule is CC(=O)OC1=NN(C(C)C)c2cc3cnc(Nc4ccc(S(N)(=O)=O)cc4)nc3n2C12CCCCC2.CC(=O)OC1=NN(C)c2cc3cnc(Nc4ccc(S(N)(=O)=O)cc4)nc3n2C12CCCCC2.CC(=O)OC1=NN(C2CC2)c2cc3cnc(Nc4ccc(S(N)(=O)=O)cc4)nc3n2C12CCCCC2.CCN1N=C(OC(C)=O)C2(CCCCC2)n2c1cc1cnc(Nc3ccc(S(N)(=O)=O)cc3)nc12. The number of carbonyl (C=O) groups excluding carboxylic acids is 4. The van der Waals surface area contributed by atoms with Crippen molar-refractivity contribution in [2.24, 2.45) is 41.0 Å². The third kappa shape index (κ3) is 19.5. The van der Waals surface area contributed by atoms with Gasteiger partial charge in [-0.1, -0.05) is 77.0 Å². The number of fused-ring (bicyclic) bond motifs is 16. The molecule has 4 spiro atoms. The monoisotopic (exact) mass is 2000 g/mol. The second kappa shape index (κ2) is 38.2. The van der Waals surface area contributed by atoms with Crippen molar-refractivity contribution in [1.29, 1.82) is 0 Å². The molecular weight excluding hydrogens is 1890 g/mol. The van der Waals surface area contributed by atoms with Crippen molar-refractivity contribution in [2.75, 3.05) is 54.9 Å². The number of primary sulfonamides is 4. The van der Waals surface area contributed by atoms with E-state index < -0.39 is 80.2 Å². The Bertz CT molecular complexity index is 7330. The lowest BCUT2D eigenvalue weighted by Gasteiger charge is -2.44. The third-order valence-electron chi connectivity index (χ3n) is 26.4. The van der Waals surface area contributed by atoms with E-state index in [1.165, 1.54) is 76.2 Å². The summed E-state index contributed by atoms with van der Waals surface area (Å²) in [6.07, 6.45) is 27.7. The lowest BCUT2D eigenvalue weighted by Crippen LogP contribution is -2.51. The van der Waals surface area contributed by atoms with Crippen LogP contribution in [0.3, 0.4) is 0 Å². The van der Waals surface area contributed by atoms with Gasteiger partial charge in [0.2, 0.25) is 87.5 Å².